The Kier molecular flexibility index (Phi) is 4.16. The lowest BCUT2D eigenvalue weighted by Gasteiger charge is -2.10. The first-order valence-corrected chi connectivity index (χ1v) is 7.39. The summed E-state index contributed by atoms with van der Waals surface area (Å²) in [6, 6.07) is 5.75. The highest BCUT2D eigenvalue weighted by atomic mass is 19.1. The molecule has 0 spiro atoms. The van der Waals surface area contributed by atoms with Crippen molar-refractivity contribution in [2.75, 3.05) is 13.7 Å². The minimum atomic E-state index is -1.12. The molecule has 2 N–H and O–H groups in total. The number of carboxylic acids is 1. The van der Waals surface area contributed by atoms with Crippen LogP contribution in [0.5, 0.6) is 5.75 Å². The van der Waals surface area contributed by atoms with Crippen molar-refractivity contribution < 1.29 is 23.8 Å². The maximum Gasteiger partial charge on any atom is 0.354 e. The van der Waals surface area contributed by atoms with Gasteiger partial charge in [0.15, 0.2) is 0 Å². The zero-order valence-electron chi connectivity index (χ0n) is 12.9. The minimum absolute atomic E-state index is 0.0383. The fraction of sp³-hybridized carbons (Fsp3) is 0.235. The van der Waals surface area contributed by atoms with Gasteiger partial charge >= 0.3 is 5.97 Å². The summed E-state index contributed by atoms with van der Waals surface area (Å²) < 4.78 is 19.6. The van der Waals surface area contributed by atoms with Crippen molar-refractivity contribution in [3.63, 3.8) is 0 Å². The number of fused-ring (bicyclic) bond motifs is 1. The molecule has 0 unspecified atom stereocenters. The molecule has 1 aromatic carbocycles. The van der Waals surface area contributed by atoms with Crippen molar-refractivity contribution >= 4 is 11.9 Å². The van der Waals surface area contributed by atoms with Crippen LogP contribution in [0, 0.1) is 5.82 Å². The number of hydrogen-bond acceptors (Lipinski definition) is 4. The van der Waals surface area contributed by atoms with Gasteiger partial charge in [0.1, 0.15) is 17.3 Å². The molecule has 0 fully saturated rings. The largest absolute Gasteiger partial charge is 0.491 e. The van der Waals surface area contributed by atoms with E-state index in [-0.39, 0.29) is 17.7 Å². The monoisotopic (exact) mass is 330 g/mol. The van der Waals surface area contributed by atoms with Crippen LogP contribution in [0.2, 0.25) is 0 Å². The molecular formula is C17H15FN2O4. The molecule has 1 aliphatic rings. The average molecular weight is 330 g/mol. The Hall–Kier alpha value is -2.96. The predicted molar refractivity (Wildman–Crippen MR) is 83.0 cm³/mol. The number of pyridine rings is 1. The van der Waals surface area contributed by atoms with Gasteiger partial charge in [-0.25, -0.2) is 14.2 Å². The Labute approximate surface area is 137 Å². The van der Waals surface area contributed by atoms with E-state index in [0.29, 0.717) is 35.6 Å². The molecule has 1 aromatic heterocycles. The van der Waals surface area contributed by atoms with Crippen LogP contribution in [0.25, 0.3) is 0 Å². The molecule has 0 saturated heterocycles. The highest BCUT2D eigenvalue weighted by molar-refractivity contribution is 5.94. The molecule has 0 atom stereocenters. The number of nitrogens with one attached hydrogen (secondary N) is 1. The van der Waals surface area contributed by atoms with Gasteiger partial charge in [0.05, 0.1) is 17.9 Å². The fourth-order valence-electron chi connectivity index (χ4n) is 2.69. The fourth-order valence-corrected chi connectivity index (χ4v) is 2.69. The molecule has 1 aliphatic heterocycles. The van der Waals surface area contributed by atoms with Gasteiger partial charge in [0.2, 0.25) is 0 Å². The smallest absolute Gasteiger partial charge is 0.354 e. The van der Waals surface area contributed by atoms with Crippen LogP contribution in [-0.4, -0.2) is 35.6 Å². The van der Waals surface area contributed by atoms with E-state index in [4.69, 9.17) is 9.84 Å². The Bertz CT molecular complexity index is 836. The number of nitrogens with zero attached hydrogens (tertiary/aromatic N) is 1. The second kappa shape index (κ2) is 6.27. The van der Waals surface area contributed by atoms with Crippen molar-refractivity contribution in [1.82, 2.24) is 10.3 Å². The second-order valence-corrected chi connectivity index (χ2v) is 5.42. The highest BCUT2D eigenvalue weighted by Crippen LogP contribution is 2.31. The summed E-state index contributed by atoms with van der Waals surface area (Å²) in [5.41, 5.74) is 1.76. The van der Waals surface area contributed by atoms with E-state index in [1.54, 1.807) is 6.07 Å². The molecule has 124 valence electrons. The van der Waals surface area contributed by atoms with E-state index >= 15 is 0 Å². The van der Waals surface area contributed by atoms with E-state index in [2.05, 4.69) is 10.3 Å². The summed E-state index contributed by atoms with van der Waals surface area (Å²) >= 11 is 0. The van der Waals surface area contributed by atoms with Gasteiger partial charge in [-0.1, -0.05) is 6.07 Å². The second-order valence-electron chi connectivity index (χ2n) is 5.42. The van der Waals surface area contributed by atoms with Crippen molar-refractivity contribution in [2.24, 2.45) is 0 Å². The van der Waals surface area contributed by atoms with Gasteiger partial charge in [-0.15, -0.1) is 0 Å². The summed E-state index contributed by atoms with van der Waals surface area (Å²) in [6.07, 6.45) is 0.837. The Balaban J connectivity index is 1.95. The molecule has 0 saturated carbocycles. The van der Waals surface area contributed by atoms with Crippen LogP contribution < -0.4 is 10.1 Å². The zero-order chi connectivity index (χ0) is 17.3. The Morgan fingerprint density at radius 2 is 2.17 bits per heavy atom. The highest BCUT2D eigenvalue weighted by Gasteiger charge is 2.22. The summed E-state index contributed by atoms with van der Waals surface area (Å²) in [6.45, 7) is 0.447. The molecule has 0 radical (unpaired) electrons. The van der Waals surface area contributed by atoms with Crippen LogP contribution in [0.4, 0.5) is 4.39 Å². The van der Waals surface area contributed by atoms with Crippen molar-refractivity contribution in [2.45, 2.75) is 12.8 Å². The molecule has 2 heterocycles. The molecular weight excluding hydrogens is 315 g/mol. The lowest BCUT2D eigenvalue weighted by molar-refractivity contribution is 0.0689. The normalized spacial score (nSPS) is 12.4. The van der Waals surface area contributed by atoms with E-state index in [9.17, 15) is 14.0 Å². The van der Waals surface area contributed by atoms with Gasteiger partial charge in [-0.2, -0.15) is 0 Å². The van der Waals surface area contributed by atoms with Gasteiger partial charge < -0.3 is 15.2 Å². The molecule has 6 nitrogen and oxygen atoms in total. The standard InChI is InChI=1S/C17H15FN2O4/c1-19-16(21)11-3-2-9(7-12(11)18)6-10-8-14(17(22)23)20-13-4-5-24-15(10)13/h2-3,7-8H,4-6H2,1H3,(H,19,21)(H,22,23). The zero-order valence-corrected chi connectivity index (χ0v) is 12.9. The molecule has 0 aliphatic carbocycles. The summed E-state index contributed by atoms with van der Waals surface area (Å²) in [4.78, 5) is 26.8. The van der Waals surface area contributed by atoms with Crippen LogP contribution in [0.3, 0.4) is 0 Å². The maximum atomic E-state index is 14.1. The number of carboxylic acid groups (broad SMARTS) is 1. The molecule has 3 rings (SSSR count). The van der Waals surface area contributed by atoms with Crippen LogP contribution in [0.1, 0.15) is 37.7 Å². The van der Waals surface area contributed by atoms with Gasteiger partial charge in [0, 0.05) is 25.5 Å². The minimum Gasteiger partial charge on any atom is -0.491 e. The molecule has 7 heteroatoms. The first-order chi connectivity index (χ1) is 11.5. The lowest BCUT2D eigenvalue weighted by atomic mass is 10.0. The van der Waals surface area contributed by atoms with Crippen LogP contribution in [0.15, 0.2) is 24.3 Å². The Morgan fingerprint density at radius 3 is 2.83 bits per heavy atom. The number of benzene rings is 1. The lowest BCUT2D eigenvalue weighted by Crippen LogP contribution is -2.19. The van der Waals surface area contributed by atoms with Crippen LogP contribution in [-0.2, 0) is 12.8 Å². The van der Waals surface area contributed by atoms with Crippen LogP contribution >= 0.6 is 0 Å². The number of ether oxygens (including phenoxy) is 1. The maximum absolute atomic E-state index is 14.1. The SMILES string of the molecule is CNC(=O)c1ccc(Cc2cc(C(=O)O)nc3c2OCC3)cc1F. The molecule has 1 amide bonds. The predicted octanol–water partition coefficient (Wildman–Crippen LogP) is 1.80. The number of aromatic carboxylic acids is 1. The molecule has 0 bridgehead atoms. The van der Waals surface area contributed by atoms with E-state index in [0.717, 1.165) is 0 Å². The first kappa shape index (κ1) is 15.9. The van der Waals surface area contributed by atoms with E-state index in [1.807, 2.05) is 0 Å². The number of carbonyl (C=O) groups is 2. The number of rotatable bonds is 4. The number of carbonyl (C=O) groups excluding carboxylic acids is 1. The van der Waals surface area contributed by atoms with E-state index < -0.39 is 17.7 Å². The third-order valence-corrected chi connectivity index (χ3v) is 3.82. The van der Waals surface area contributed by atoms with Crippen molar-refractivity contribution in [3.8, 4) is 5.75 Å². The topological polar surface area (TPSA) is 88.5 Å². The third-order valence-electron chi connectivity index (χ3n) is 3.82. The average Bonchev–Trinajstić information content (AvgIpc) is 3.03. The van der Waals surface area contributed by atoms with E-state index in [1.165, 1.54) is 25.2 Å². The number of aromatic nitrogens is 1. The van der Waals surface area contributed by atoms with Gasteiger partial charge in [0.25, 0.3) is 5.91 Å². The summed E-state index contributed by atoms with van der Waals surface area (Å²) in [5, 5.41) is 11.5. The molecule has 2 aromatic rings. The van der Waals surface area contributed by atoms with Crippen molar-refractivity contribution in [3.05, 3.63) is 58.2 Å². The Morgan fingerprint density at radius 1 is 1.38 bits per heavy atom. The number of hydrogen-bond donors (Lipinski definition) is 2. The quantitative estimate of drug-likeness (QED) is 0.892. The summed E-state index contributed by atoms with van der Waals surface area (Å²) in [7, 11) is 1.43. The third kappa shape index (κ3) is 2.92. The first-order valence-electron chi connectivity index (χ1n) is 7.39. The number of halogens is 1. The van der Waals surface area contributed by atoms with Gasteiger partial charge in [-0.3, -0.25) is 4.79 Å². The van der Waals surface area contributed by atoms with Crippen molar-refractivity contribution in [1.29, 1.82) is 0 Å². The molecule has 24 heavy (non-hydrogen) atoms. The van der Waals surface area contributed by atoms with Gasteiger partial charge in [-0.05, 0) is 23.8 Å². The number of amides is 1. The summed E-state index contributed by atoms with van der Waals surface area (Å²) in [5.74, 6) is -1.68.